The lowest BCUT2D eigenvalue weighted by atomic mass is 9.87. The van der Waals surface area contributed by atoms with Gasteiger partial charge in [-0.05, 0) is 38.5 Å². The summed E-state index contributed by atoms with van der Waals surface area (Å²) in [6.07, 6.45) is 1.87. The van der Waals surface area contributed by atoms with E-state index in [1.54, 1.807) is 32.0 Å². The highest BCUT2D eigenvalue weighted by Gasteiger charge is 2.44. The van der Waals surface area contributed by atoms with Crippen molar-refractivity contribution in [2.24, 2.45) is 0 Å². The van der Waals surface area contributed by atoms with Crippen LogP contribution in [0.3, 0.4) is 0 Å². The SMILES string of the molecule is CC1(C)Oc2ccc(C#N)cc2[C@@H](OC2=CC(=O)CCC2)[C@@H]1O. The van der Waals surface area contributed by atoms with Gasteiger partial charge in [0.1, 0.15) is 23.2 Å². The molecule has 0 fully saturated rings. The van der Waals surface area contributed by atoms with Gasteiger partial charge >= 0.3 is 0 Å². The minimum absolute atomic E-state index is 0.0399. The zero-order valence-electron chi connectivity index (χ0n) is 13.2. The Morgan fingerprint density at radius 3 is 2.87 bits per heavy atom. The molecule has 1 aromatic carbocycles. The monoisotopic (exact) mass is 313 g/mol. The number of hydrogen-bond acceptors (Lipinski definition) is 5. The molecule has 1 aliphatic carbocycles. The average Bonchev–Trinajstić information content (AvgIpc) is 2.51. The van der Waals surface area contributed by atoms with Crippen molar-refractivity contribution in [2.75, 3.05) is 0 Å². The summed E-state index contributed by atoms with van der Waals surface area (Å²) in [6.45, 7) is 3.57. The van der Waals surface area contributed by atoms with Crippen LogP contribution in [-0.4, -0.2) is 22.6 Å². The summed E-state index contributed by atoms with van der Waals surface area (Å²) in [5, 5.41) is 19.8. The first-order chi connectivity index (χ1) is 10.9. The van der Waals surface area contributed by atoms with Gasteiger partial charge < -0.3 is 14.6 Å². The number of benzene rings is 1. The summed E-state index contributed by atoms with van der Waals surface area (Å²) in [5.41, 5.74) is 0.279. The molecule has 1 heterocycles. The van der Waals surface area contributed by atoms with Crippen molar-refractivity contribution in [3.8, 4) is 11.8 Å². The molecular weight excluding hydrogens is 294 g/mol. The summed E-state index contributed by atoms with van der Waals surface area (Å²) in [5.74, 6) is 1.21. The van der Waals surface area contributed by atoms with Gasteiger partial charge in [-0.25, -0.2) is 0 Å². The summed E-state index contributed by atoms with van der Waals surface area (Å²) in [4.78, 5) is 11.6. The first-order valence-electron chi connectivity index (χ1n) is 7.72. The highest BCUT2D eigenvalue weighted by atomic mass is 16.5. The number of nitriles is 1. The van der Waals surface area contributed by atoms with E-state index in [1.807, 2.05) is 0 Å². The maximum absolute atomic E-state index is 11.6. The second kappa shape index (κ2) is 5.71. The van der Waals surface area contributed by atoms with Crippen molar-refractivity contribution < 1.29 is 19.4 Å². The fourth-order valence-corrected chi connectivity index (χ4v) is 2.96. The van der Waals surface area contributed by atoms with E-state index in [-0.39, 0.29) is 5.78 Å². The van der Waals surface area contributed by atoms with Crippen LogP contribution in [0, 0.1) is 11.3 Å². The molecule has 0 saturated carbocycles. The molecule has 0 saturated heterocycles. The molecule has 0 aromatic heterocycles. The summed E-state index contributed by atoms with van der Waals surface area (Å²) < 4.78 is 11.8. The second-order valence-electron chi connectivity index (χ2n) is 6.48. The molecule has 1 N–H and O–H groups in total. The first kappa shape index (κ1) is 15.6. The fourth-order valence-electron chi connectivity index (χ4n) is 2.96. The molecular formula is C18H19NO4. The third-order valence-corrected chi connectivity index (χ3v) is 4.26. The van der Waals surface area contributed by atoms with E-state index in [2.05, 4.69) is 6.07 Å². The Bertz CT molecular complexity index is 714. The van der Waals surface area contributed by atoms with Gasteiger partial charge in [0, 0.05) is 24.5 Å². The predicted molar refractivity (Wildman–Crippen MR) is 82.6 cm³/mol. The van der Waals surface area contributed by atoms with Gasteiger partial charge in [0.05, 0.1) is 11.6 Å². The molecule has 0 unspecified atom stereocenters. The van der Waals surface area contributed by atoms with Crippen LogP contribution in [-0.2, 0) is 9.53 Å². The number of ketones is 1. The Labute approximate surface area is 135 Å². The molecule has 120 valence electrons. The number of rotatable bonds is 2. The molecule has 0 amide bonds. The molecule has 0 radical (unpaired) electrons. The number of aliphatic hydroxyl groups excluding tert-OH is 1. The average molecular weight is 313 g/mol. The zero-order valence-corrected chi connectivity index (χ0v) is 13.2. The third kappa shape index (κ3) is 2.95. The summed E-state index contributed by atoms with van der Waals surface area (Å²) in [7, 11) is 0. The van der Waals surface area contributed by atoms with Crippen LogP contribution < -0.4 is 4.74 Å². The lowest BCUT2D eigenvalue weighted by molar-refractivity contribution is -0.124. The van der Waals surface area contributed by atoms with Crippen molar-refractivity contribution in [1.29, 1.82) is 5.26 Å². The zero-order chi connectivity index (χ0) is 16.6. The van der Waals surface area contributed by atoms with E-state index in [0.29, 0.717) is 35.5 Å². The first-order valence-corrected chi connectivity index (χ1v) is 7.72. The number of aliphatic hydroxyl groups is 1. The third-order valence-electron chi connectivity index (χ3n) is 4.26. The smallest absolute Gasteiger partial charge is 0.159 e. The largest absolute Gasteiger partial charge is 0.487 e. The lowest BCUT2D eigenvalue weighted by Crippen LogP contribution is -2.49. The standard InChI is InChI=1S/C18H19NO4/c1-18(2)17(21)16(22-13-5-3-4-12(20)9-13)14-8-11(10-19)6-7-15(14)23-18/h6-9,16-17,21H,3-5H2,1-2H3/t16-,17+/m1/s1. The highest BCUT2D eigenvalue weighted by molar-refractivity contribution is 5.90. The Balaban J connectivity index is 2.00. The van der Waals surface area contributed by atoms with Crippen LogP contribution in [0.1, 0.15) is 50.3 Å². The van der Waals surface area contributed by atoms with Crippen molar-refractivity contribution in [1.82, 2.24) is 0 Å². The van der Waals surface area contributed by atoms with Gasteiger partial charge in [-0.2, -0.15) is 5.26 Å². The van der Waals surface area contributed by atoms with Gasteiger partial charge in [-0.1, -0.05) is 0 Å². The van der Waals surface area contributed by atoms with Crippen LogP contribution in [0.15, 0.2) is 30.0 Å². The van der Waals surface area contributed by atoms with Crippen LogP contribution in [0.25, 0.3) is 0 Å². The number of carbonyl (C=O) groups is 1. The van der Waals surface area contributed by atoms with E-state index in [1.165, 1.54) is 6.08 Å². The van der Waals surface area contributed by atoms with Crippen LogP contribution in [0.2, 0.25) is 0 Å². The van der Waals surface area contributed by atoms with Crippen LogP contribution >= 0.6 is 0 Å². The number of nitrogens with zero attached hydrogens (tertiary/aromatic N) is 1. The summed E-state index contributed by atoms with van der Waals surface area (Å²) in [6, 6.07) is 7.15. The molecule has 3 rings (SSSR count). The second-order valence-corrected chi connectivity index (χ2v) is 6.48. The molecule has 2 atom stereocenters. The van der Waals surface area contributed by atoms with Crippen LogP contribution in [0.4, 0.5) is 0 Å². The molecule has 1 aromatic rings. The van der Waals surface area contributed by atoms with Gasteiger partial charge in [0.25, 0.3) is 0 Å². The number of hydrogen-bond donors (Lipinski definition) is 1. The minimum Gasteiger partial charge on any atom is -0.487 e. The molecule has 23 heavy (non-hydrogen) atoms. The van der Waals surface area contributed by atoms with Crippen molar-refractivity contribution in [3.05, 3.63) is 41.2 Å². The highest BCUT2D eigenvalue weighted by Crippen LogP contribution is 2.43. The van der Waals surface area contributed by atoms with Crippen LogP contribution in [0.5, 0.6) is 5.75 Å². The molecule has 5 nitrogen and oxygen atoms in total. The van der Waals surface area contributed by atoms with Crippen molar-refractivity contribution in [3.63, 3.8) is 0 Å². The number of carbonyl (C=O) groups excluding carboxylic acids is 1. The number of ether oxygens (including phenoxy) is 2. The molecule has 0 bridgehead atoms. The maximum atomic E-state index is 11.6. The van der Waals surface area contributed by atoms with Gasteiger partial charge in [-0.15, -0.1) is 0 Å². The Hall–Kier alpha value is -2.32. The lowest BCUT2D eigenvalue weighted by Gasteiger charge is -2.42. The Morgan fingerprint density at radius 1 is 1.39 bits per heavy atom. The van der Waals surface area contributed by atoms with Gasteiger partial charge in [0.15, 0.2) is 11.9 Å². The van der Waals surface area contributed by atoms with Gasteiger partial charge in [0.2, 0.25) is 0 Å². The van der Waals surface area contributed by atoms with E-state index < -0.39 is 17.8 Å². The predicted octanol–water partition coefficient (Wildman–Crippen LogP) is 2.78. The Kier molecular flexibility index (Phi) is 3.87. The number of fused-ring (bicyclic) bond motifs is 1. The van der Waals surface area contributed by atoms with Crippen molar-refractivity contribution >= 4 is 5.78 Å². The van der Waals surface area contributed by atoms with E-state index in [0.717, 1.165) is 6.42 Å². The topological polar surface area (TPSA) is 79.5 Å². The quantitative estimate of drug-likeness (QED) is 0.908. The molecule has 5 heteroatoms. The molecule has 1 aliphatic heterocycles. The molecule has 2 aliphatic rings. The summed E-state index contributed by atoms with van der Waals surface area (Å²) >= 11 is 0. The van der Waals surface area contributed by atoms with E-state index in [9.17, 15) is 9.90 Å². The molecule has 0 spiro atoms. The minimum atomic E-state index is -0.915. The normalized spacial score (nSPS) is 25.7. The van der Waals surface area contributed by atoms with Gasteiger partial charge in [-0.3, -0.25) is 4.79 Å². The maximum Gasteiger partial charge on any atom is 0.159 e. The Morgan fingerprint density at radius 2 is 2.17 bits per heavy atom. The number of allylic oxidation sites excluding steroid dienone is 2. The van der Waals surface area contributed by atoms with Crippen molar-refractivity contribution in [2.45, 2.75) is 50.9 Å². The van der Waals surface area contributed by atoms with E-state index >= 15 is 0 Å². The van der Waals surface area contributed by atoms with E-state index in [4.69, 9.17) is 14.7 Å². The fraction of sp³-hybridized carbons (Fsp3) is 0.444.